The molecule has 2 rings (SSSR count). The highest BCUT2D eigenvalue weighted by molar-refractivity contribution is 6.36. The molecule has 0 bridgehead atoms. The van der Waals surface area contributed by atoms with E-state index in [1.165, 1.54) is 7.11 Å². The summed E-state index contributed by atoms with van der Waals surface area (Å²) in [5.74, 6) is 0.954. The monoisotopic (exact) mass is 283 g/mol. The molecule has 1 aromatic heterocycles. The first-order chi connectivity index (χ1) is 8.60. The maximum Gasteiger partial charge on any atom is 0.215 e. The third-order valence-corrected chi connectivity index (χ3v) is 2.84. The second kappa shape index (κ2) is 5.33. The summed E-state index contributed by atoms with van der Waals surface area (Å²) in [6, 6.07) is 8.52. The zero-order chi connectivity index (χ0) is 13.1. The van der Waals surface area contributed by atoms with Gasteiger partial charge in [-0.15, -0.1) is 0 Å². The number of ether oxygens (including phenoxy) is 1. The van der Waals surface area contributed by atoms with Crippen molar-refractivity contribution in [1.29, 1.82) is 0 Å². The lowest BCUT2D eigenvalue weighted by Crippen LogP contribution is -2.01. The smallest absolute Gasteiger partial charge is 0.215 e. The molecule has 4 nitrogen and oxygen atoms in total. The summed E-state index contributed by atoms with van der Waals surface area (Å²) < 4.78 is 5.04. The SMILES string of the molecule is COc1ccc(N)c(Nc2ccc(Cl)cc2Cl)n1. The lowest BCUT2D eigenvalue weighted by molar-refractivity contribution is 0.398. The number of nitrogen functional groups attached to an aromatic ring is 1. The Hall–Kier alpha value is -1.65. The van der Waals surface area contributed by atoms with E-state index >= 15 is 0 Å². The third kappa shape index (κ3) is 2.78. The van der Waals surface area contributed by atoms with Gasteiger partial charge in [-0.2, -0.15) is 4.98 Å². The largest absolute Gasteiger partial charge is 0.481 e. The van der Waals surface area contributed by atoms with E-state index < -0.39 is 0 Å². The topological polar surface area (TPSA) is 60.2 Å². The fourth-order valence-corrected chi connectivity index (χ4v) is 1.84. The molecule has 0 aliphatic carbocycles. The molecule has 6 heteroatoms. The van der Waals surface area contributed by atoms with Crippen LogP contribution in [0.2, 0.25) is 10.0 Å². The lowest BCUT2D eigenvalue weighted by atomic mass is 10.3. The summed E-state index contributed by atoms with van der Waals surface area (Å²) >= 11 is 11.9. The predicted octanol–water partition coefficient (Wildman–Crippen LogP) is 3.72. The van der Waals surface area contributed by atoms with Crippen LogP contribution in [0.15, 0.2) is 30.3 Å². The van der Waals surface area contributed by atoms with E-state index in [4.69, 9.17) is 33.7 Å². The Morgan fingerprint density at radius 2 is 2.00 bits per heavy atom. The van der Waals surface area contributed by atoms with Gasteiger partial charge in [-0.25, -0.2) is 0 Å². The van der Waals surface area contributed by atoms with Crippen LogP contribution in [0, 0.1) is 0 Å². The van der Waals surface area contributed by atoms with Gasteiger partial charge >= 0.3 is 0 Å². The molecule has 94 valence electrons. The maximum absolute atomic E-state index is 6.06. The fourth-order valence-electron chi connectivity index (χ4n) is 1.38. The summed E-state index contributed by atoms with van der Waals surface area (Å²) in [6.07, 6.45) is 0. The standard InChI is InChI=1S/C12H11Cl2N3O/c1-18-11-5-3-9(15)12(17-11)16-10-4-2-7(13)6-8(10)14/h2-6H,15H2,1H3,(H,16,17). The normalized spacial score (nSPS) is 10.2. The van der Waals surface area contributed by atoms with E-state index in [0.717, 1.165) is 0 Å². The van der Waals surface area contributed by atoms with E-state index in [9.17, 15) is 0 Å². The van der Waals surface area contributed by atoms with Gasteiger partial charge in [-0.3, -0.25) is 0 Å². The Morgan fingerprint density at radius 3 is 2.67 bits per heavy atom. The number of rotatable bonds is 3. The molecule has 18 heavy (non-hydrogen) atoms. The molecular weight excluding hydrogens is 273 g/mol. The average Bonchev–Trinajstić information content (AvgIpc) is 2.35. The number of nitrogens with two attached hydrogens (primary N) is 1. The average molecular weight is 284 g/mol. The van der Waals surface area contributed by atoms with Crippen molar-refractivity contribution in [3.8, 4) is 5.88 Å². The van der Waals surface area contributed by atoms with Crippen LogP contribution >= 0.6 is 23.2 Å². The zero-order valence-electron chi connectivity index (χ0n) is 9.58. The van der Waals surface area contributed by atoms with Gasteiger partial charge < -0.3 is 15.8 Å². The highest BCUT2D eigenvalue weighted by Crippen LogP contribution is 2.30. The highest BCUT2D eigenvalue weighted by Gasteiger charge is 2.07. The second-order valence-corrected chi connectivity index (χ2v) is 4.38. The zero-order valence-corrected chi connectivity index (χ0v) is 11.1. The summed E-state index contributed by atoms with van der Waals surface area (Å²) in [5, 5.41) is 4.09. The van der Waals surface area contributed by atoms with Crippen LogP contribution in [0.25, 0.3) is 0 Å². The van der Waals surface area contributed by atoms with Crippen molar-refractivity contribution in [2.45, 2.75) is 0 Å². The van der Waals surface area contributed by atoms with Crippen LogP contribution in [-0.4, -0.2) is 12.1 Å². The summed E-state index contributed by atoms with van der Waals surface area (Å²) in [7, 11) is 1.54. The van der Waals surface area contributed by atoms with Gasteiger partial charge in [-0.1, -0.05) is 23.2 Å². The Morgan fingerprint density at radius 1 is 1.22 bits per heavy atom. The Balaban J connectivity index is 2.33. The Labute approximate surface area is 115 Å². The summed E-state index contributed by atoms with van der Waals surface area (Å²) in [5.41, 5.74) is 7.00. The minimum atomic E-state index is 0.469. The minimum Gasteiger partial charge on any atom is -0.481 e. The number of anilines is 3. The van der Waals surface area contributed by atoms with Gasteiger partial charge in [0.15, 0.2) is 5.82 Å². The molecule has 0 aliphatic heterocycles. The van der Waals surface area contributed by atoms with Crippen molar-refractivity contribution >= 4 is 40.4 Å². The van der Waals surface area contributed by atoms with Gasteiger partial charge in [0.2, 0.25) is 5.88 Å². The molecule has 0 atom stereocenters. The van der Waals surface area contributed by atoms with Gasteiger partial charge in [-0.05, 0) is 24.3 Å². The van der Waals surface area contributed by atoms with Crippen LogP contribution in [0.3, 0.4) is 0 Å². The summed E-state index contributed by atoms with van der Waals surface area (Å²) in [4.78, 5) is 4.20. The minimum absolute atomic E-state index is 0.469. The number of nitrogens with zero attached hydrogens (tertiary/aromatic N) is 1. The number of benzene rings is 1. The first-order valence-corrected chi connectivity index (χ1v) is 5.88. The van der Waals surface area contributed by atoms with E-state index in [2.05, 4.69) is 10.3 Å². The van der Waals surface area contributed by atoms with Gasteiger partial charge in [0.05, 0.1) is 23.5 Å². The lowest BCUT2D eigenvalue weighted by Gasteiger charge is -2.11. The fraction of sp³-hybridized carbons (Fsp3) is 0.0833. The Bertz CT molecular complexity index is 575. The first kappa shape index (κ1) is 12.8. The van der Waals surface area contributed by atoms with E-state index in [1.54, 1.807) is 30.3 Å². The molecule has 0 unspecified atom stereocenters. The number of halogens is 2. The van der Waals surface area contributed by atoms with Crippen LogP contribution in [0.5, 0.6) is 5.88 Å². The van der Waals surface area contributed by atoms with Crippen molar-refractivity contribution in [2.75, 3.05) is 18.2 Å². The molecule has 0 radical (unpaired) electrons. The number of hydrogen-bond donors (Lipinski definition) is 2. The number of nitrogens with one attached hydrogen (secondary N) is 1. The Kier molecular flexibility index (Phi) is 3.79. The van der Waals surface area contributed by atoms with E-state index in [1.807, 2.05) is 0 Å². The molecule has 0 saturated carbocycles. The van der Waals surface area contributed by atoms with Crippen LogP contribution in [0.4, 0.5) is 17.2 Å². The number of pyridine rings is 1. The molecule has 0 saturated heterocycles. The number of aromatic nitrogens is 1. The van der Waals surface area contributed by atoms with E-state index in [-0.39, 0.29) is 0 Å². The van der Waals surface area contributed by atoms with Gasteiger partial charge in [0, 0.05) is 11.1 Å². The van der Waals surface area contributed by atoms with Crippen molar-refractivity contribution in [3.63, 3.8) is 0 Å². The van der Waals surface area contributed by atoms with Gasteiger partial charge in [0.25, 0.3) is 0 Å². The van der Waals surface area contributed by atoms with E-state index in [0.29, 0.717) is 33.1 Å². The molecule has 3 N–H and O–H groups in total. The number of methoxy groups -OCH3 is 1. The summed E-state index contributed by atoms with van der Waals surface area (Å²) in [6.45, 7) is 0. The highest BCUT2D eigenvalue weighted by atomic mass is 35.5. The van der Waals surface area contributed by atoms with Crippen molar-refractivity contribution in [3.05, 3.63) is 40.4 Å². The maximum atomic E-state index is 6.06. The molecular formula is C12H11Cl2N3O. The predicted molar refractivity (Wildman–Crippen MR) is 74.9 cm³/mol. The molecule has 0 fully saturated rings. The van der Waals surface area contributed by atoms with Crippen molar-refractivity contribution < 1.29 is 4.74 Å². The molecule has 0 aliphatic rings. The second-order valence-electron chi connectivity index (χ2n) is 3.54. The molecule has 2 aromatic rings. The van der Waals surface area contributed by atoms with Crippen LogP contribution in [-0.2, 0) is 0 Å². The third-order valence-electron chi connectivity index (χ3n) is 2.29. The quantitative estimate of drug-likeness (QED) is 0.901. The molecule has 0 spiro atoms. The number of hydrogen-bond acceptors (Lipinski definition) is 4. The van der Waals surface area contributed by atoms with Crippen molar-refractivity contribution in [2.24, 2.45) is 0 Å². The van der Waals surface area contributed by atoms with Gasteiger partial charge in [0.1, 0.15) is 0 Å². The van der Waals surface area contributed by atoms with Crippen molar-refractivity contribution in [1.82, 2.24) is 4.98 Å². The van der Waals surface area contributed by atoms with Crippen LogP contribution in [0.1, 0.15) is 0 Å². The molecule has 1 aromatic carbocycles. The van der Waals surface area contributed by atoms with Crippen LogP contribution < -0.4 is 15.8 Å². The molecule has 1 heterocycles. The first-order valence-electron chi connectivity index (χ1n) is 5.12. The molecule has 0 amide bonds.